The first-order valence-electron chi connectivity index (χ1n) is 5.84. The number of hydrogen-bond donors (Lipinski definition) is 1. The van der Waals surface area contributed by atoms with Crippen LogP contribution >= 0.6 is 11.6 Å². The molecule has 2 N–H and O–H groups in total. The molecule has 94 valence electrons. The van der Waals surface area contributed by atoms with Crippen molar-refractivity contribution < 1.29 is 9.13 Å². The highest BCUT2D eigenvalue weighted by Gasteiger charge is 2.35. The van der Waals surface area contributed by atoms with Crippen molar-refractivity contribution in [2.75, 3.05) is 19.9 Å². The maximum atomic E-state index is 13.5. The van der Waals surface area contributed by atoms with Gasteiger partial charge in [-0.1, -0.05) is 17.7 Å². The number of alkyl halides is 1. The fourth-order valence-corrected chi connectivity index (χ4v) is 2.59. The predicted molar refractivity (Wildman–Crippen MR) is 67.0 cm³/mol. The van der Waals surface area contributed by atoms with E-state index in [2.05, 4.69) is 0 Å². The minimum absolute atomic E-state index is 0.374. The SMILES string of the molecule is NCc1cc(Cl)cc(C2(CF)CCOCC2)c1. The fourth-order valence-electron chi connectivity index (χ4n) is 2.34. The zero-order valence-electron chi connectivity index (χ0n) is 9.72. The third kappa shape index (κ3) is 2.62. The van der Waals surface area contributed by atoms with Gasteiger partial charge in [0, 0.05) is 30.2 Å². The molecule has 1 aliphatic rings. The number of rotatable bonds is 3. The smallest absolute Gasteiger partial charge is 0.0992 e. The van der Waals surface area contributed by atoms with E-state index in [-0.39, 0.29) is 6.67 Å². The maximum Gasteiger partial charge on any atom is 0.0992 e. The summed E-state index contributed by atoms with van der Waals surface area (Å²) >= 11 is 6.06. The van der Waals surface area contributed by atoms with Gasteiger partial charge in [0.1, 0.15) is 0 Å². The van der Waals surface area contributed by atoms with E-state index < -0.39 is 5.41 Å². The van der Waals surface area contributed by atoms with Gasteiger partial charge in [0.15, 0.2) is 0 Å². The molecule has 0 aromatic heterocycles. The van der Waals surface area contributed by atoms with Crippen molar-refractivity contribution in [3.05, 3.63) is 34.3 Å². The second-order valence-corrected chi connectivity index (χ2v) is 5.02. The molecule has 2 rings (SSSR count). The summed E-state index contributed by atoms with van der Waals surface area (Å²) in [6.45, 7) is 1.26. The second kappa shape index (κ2) is 5.34. The minimum Gasteiger partial charge on any atom is -0.381 e. The Labute approximate surface area is 106 Å². The van der Waals surface area contributed by atoms with E-state index in [1.807, 2.05) is 18.2 Å². The highest BCUT2D eigenvalue weighted by molar-refractivity contribution is 6.30. The van der Waals surface area contributed by atoms with Crippen LogP contribution in [0.1, 0.15) is 24.0 Å². The predicted octanol–water partition coefficient (Wildman–Crippen LogP) is 2.82. The maximum absolute atomic E-state index is 13.5. The van der Waals surface area contributed by atoms with Gasteiger partial charge in [-0.3, -0.25) is 4.39 Å². The van der Waals surface area contributed by atoms with Gasteiger partial charge in [-0.2, -0.15) is 0 Å². The lowest BCUT2D eigenvalue weighted by Crippen LogP contribution is -2.36. The van der Waals surface area contributed by atoms with Crippen LogP contribution in [0.4, 0.5) is 4.39 Å². The molecule has 2 nitrogen and oxygen atoms in total. The molecule has 1 saturated heterocycles. The molecule has 0 aliphatic carbocycles. The van der Waals surface area contributed by atoms with Crippen molar-refractivity contribution in [2.24, 2.45) is 5.73 Å². The summed E-state index contributed by atoms with van der Waals surface area (Å²) in [7, 11) is 0. The average molecular weight is 258 g/mol. The Morgan fingerprint density at radius 1 is 1.29 bits per heavy atom. The summed E-state index contributed by atoms with van der Waals surface area (Å²) in [5.41, 5.74) is 7.09. The van der Waals surface area contributed by atoms with Crippen molar-refractivity contribution in [3.63, 3.8) is 0 Å². The van der Waals surface area contributed by atoms with Gasteiger partial charge in [0.25, 0.3) is 0 Å². The van der Waals surface area contributed by atoms with Gasteiger partial charge in [0.2, 0.25) is 0 Å². The number of halogens is 2. The minimum atomic E-state index is -0.437. The van der Waals surface area contributed by atoms with Gasteiger partial charge < -0.3 is 10.5 Å². The van der Waals surface area contributed by atoms with Crippen molar-refractivity contribution in [1.82, 2.24) is 0 Å². The van der Waals surface area contributed by atoms with E-state index in [1.165, 1.54) is 0 Å². The Morgan fingerprint density at radius 3 is 2.59 bits per heavy atom. The summed E-state index contributed by atoms with van der Waals surface area (Å²) in [6.07, 6.45) is 1.40. The number of benzene rings is 1. The van der Waals surface area contributed by atoms with E-state index in [1.54, 1.807) is 0 Å². The third-order valence-corrected chi connectivity index (χ3v) is 3.73. The van der Waals surface area contributed by atoms with Crippen LogP contribution in [0.2, 0.25) is 5.02 Å². The average Bonchev–Trinajstić information content (AvgIpc) is 2.38. The molecule has 0 bridgehead atoms. The zero-order chi connectivity index (χ0) is 12.3. The Balaban J connectivity index is 2.38. The molecule has 1 aliphatic heterocycles. The molecule has 0 atom stereocenters. The molecular formula is C13H17ClFNO. The molecule has 0 spiro atoms. The van der Waals surface area contributed by atoms with Crippen molar-refractivity contribution in [2.45, 2.75) is 24.8 Å². The summed E-state index contributed by atoms with van der Waals surface area (Å²) in [6, 6.07) is 5.65. The van der Waals surface area contributed by atoms with Crippen LogP contribution in [-0.4, -0.2) is 19.9 Å². The largest absolute Gasteiger partial charge is 0.381 e. The van der Waals surface area contributed by atoms with Crippen LogP contribution < -0.4 is 5.73 Å². The second-order valence-electron chi connectivity index (χ2n) is 4.58. The normalized spacial score (nSPS) is 19.2. The van der Waals surface area contributed by atoms with Crippen LogP contribution in [0, 0.1) is 0 Å². The first-order valence-corrected chi connectivity index (χ1v) is 6.22. The molecule has 0 unspecified atom stereocenters. The Bertz CT molecular complexity index is 391. The molecule has 0 saturated carbocycles. The molecule has 1 aromatic rings. The quantitative estimate of drug-likeness (QED) is 0.904. The Kier molecular flexibility index (Phi) is 4.02. The van der Waals surface area contributed by atoms with Crippen LogP contribution in [0.25, 0.3) is 0 Å². The van der Waals surface area contributed by atoms with Crippen LogP contribution in [0.3, 0.4) is 0 Å². The van der Waals surface area contributed by atoms with Crippen LogP contribution in [0.5, 0.6) is 0 Å². The van der Waals surface area contributed by atoms with Crippen LogP contribution in [0.15, 0.2) is 18.2 Å². The first kappa shape index (κ1) is 12.8. The third-order valence-electron chi connectivity index (χ3n) is 3.51. The van der Waals surface area contributed by atoms with Gasteiger partial charge >= 0.3 is 0 Å². The lowest BCUT2D eigenvalue weighted by molar-refractivity contribution is 0.0402. The molecule has 0 amide bonds. The van der Waals surface area contributed by atoms with Gasteiger partial charge in [-0.05, 0) is 36.1 Å². The number of hydrogen-bond acceptors (Lipinski definition) is 2. The standard InChI is InChI=1S/C13H17ClFNO/c14-12-6-10(8-16)5-11(7-12)13(9-15)1-3-17-4-2-13/h5-7H,1-4,8-9,16H2. The summed E-state index contributed by atoms with van der Waals surface area (Å²) in [5, 5.41) is 0.627. The molecule has 1 fully saturated rings. The van der Waals surface area contributed by atoms with Gasteiger partial charge in [0.05, 0.1) is 6.67 Å². The van der Waals surface area contributed by atoms with E-state index in [0.717, 1.165) is 11.1 Å². The zero-order valence-corrected chi connectivity index (χ0v) is 10.5. The monoisotopic (exact) mass is 257 g/mol. The molecule has 17 heavy (non-hydrogen) atoms. The van der Waals surface area contributed by atoms with E-state index in [4.69, 9.17) is 22.1 Å². The Hall–Kier alpha value is -0.640. The van der Waals surface area contributed by atoms with Crippen molar-refractivity contribution in [3.8, 4) is 0 Å². The molecule has 1 heterocycles. The van der Waals surface area contributed by atoms with Crippen molar-refractivity contribution in [1.29, 1.82) is 0 Å². The molecular weight excluding hydrogens is 241 g/mol. The van der Waals surface area contributed by atoms with Gasteiger partial charge in [-0.15, -0.1) is 0 Å². The van der Waals surface area contributed by atoms with Crippen molar-refractivity contribution >= 4 is 11.6 Å². The van der Waals surface area contributed by atoms with E-state index in [9.17, 15) is 4.39 Å². The van der Waals surface area contributed by atoms with E-state index in [0.29, 0.717) is 37.6 Å². The highest BCUT2D eigenvalue weighted by atomic mass is 35.5. The molecule has 0 radical (unpaired) electrons. The lowest BCUT2D eigenvalue weighted by Gasteiger charge is -2.35. The first-order chi connectivity index (χ1) is 8.20. The fraction of sp³-hybridized carbons (Fsp3) is 0.538. The molecule has 1 aromatic carbocycles. The lowest BCUT2D eigenvalue weighted by atomic mass is 9.75. The summed E-state index contributed by atoms with van der Waals surface area (Å²) < 4.78 is 18.8. The van der Waals surface area contributed by atoms with Crippen LogP contribution in [-0.2, 0) is 16.7 Å². The Morgan fingerprint density at radius 2 is 2.00 bits per heavy atom. The van der Waals surface area contributed by atoms with Gasteiger partial charge in [-0.25, -0.2) is 0 Å². The topological polar surface area (TPSA) is 35.2 Å². The summed E-state index contributed by atoms with van der Waals surface area (Å²) in [4.78, 5) is 0. The van der Waals surface area contributed by atoms with E-state index >= 15 is 0 Å². The highest BCUT2D eigenvalue weighted by Crippen LogP contribution is 2.37. The number of ether oxygens (including phenoxy) is 1. The summed E-state index contributed by atoms with van der Waals surface area (Å²) in [5.74, 6) is 0. The number of nitrogens with two attached hydrogens (primary N) is 1. The molecule has 4 heteroatoms.